The van der Waals surface area contributed by atoms with Crippen LogP contribution in [0.1, 0.15) is 31.4 Å². The normalized spacial score (nSPS) is 21.4. The van der Waals surface area contributed by atoms with Crippen molar-refractivity contribution >= 4 is 0 Å². The van der Waals surface area contributed by atoms with Crippen LogP contribution in [0.2, 0.25) is 0 Å². The van der Waals surface area contributed by atoms with Gasteiger partial charge in [0.2, 0.25) is 0 Å². The molecule has 0 aliphatic heterocycles. The zero-order valence-electron chi connectivity index (χ0n) is 11.9. The number of rotatable bonds is 6. The van der Waals surface area contributed by atoms with Gasteiger partial charge in [-0.05, 0) is 37.1 Å². The van der Waals surface area contributed by atoms with Crippen molar-refractivity contribution < 1.29 is 0 Å². The first-order valence-electron chi connectivity index (χ1n) is 7.22. The van der Waals surface area contributed by atoms with E-state index in [1.807, 2.05) is 6.07 Å². The van der Waals surface area contributed by atoms with Crippen molar-refractivity contribution in [1.82, 2.24) is 10.2 Å². The van der Waals surface area contributed by atoms with Crippen LogP contribution in [-0.4, -0.2) is 31.1 Å². The first-order chi connectivity index (χ1) is 9.25. The van der Waals surface area contributed by atoms with Gasteiger partial charge < -0.3 is 4.90 Å². The van der Waals surface area contributed by atoms with Crippen molar-refractivity contribution in [3.63, 3.8) is 0 Å². The highest BCUT2D eigenvalue weighted by Gasteiger charge is 2.38. The molecule has 0 saturated carbocycles. The second kappa shape index (κ2) is 6.18. The highest BCUT2D eigenvalue weighted by Crippen LogP contribution is 2.36. The van der Waals surface area contributed by atoms with Crippen molar-refractivity contribution in [2.24, 2.45) is 0 Å². The van der Waals surface area contributed by atoms with E-state index in [0.717, 1.165) is 39.0 Å². The predicted molar refractivity (Wildman–Crippen MR) is 77.8 cm³/mol. The molecule has 0 aromatic heterocycles. The fraction of sp³-hybridized carbons (Fsp3) is 0.562. The van der Waals surface area contributed by atoms with E-state index in [1.54, 1.807) is 0 Å². The third-order valence-corrected chi connectivity index (χ3v) is 4.19. The monoisotopic (exact) mass is 257 g/mol. The number of hydrogen-bond donors (Lipinski definition) is 1. The topological polar surface area (TPSA) is 39.1 Å². The van der Waals surface area contributed by atoms with Crippen molar-refractivity contribution in [3.8, 4) is 6.07 Å². The molecule has 1 N–H and O–H groups in total. The number of fused-ring (bicyclic) bond motifs is 1. The second-order valence-electron chi connectivity index (χ2n) is 5.13. The van der Waals surface area contributed by atoms with E-state index in [0.29, 0.717) is 0 Å². The summed E-state index contributed by atoms with van der Waals surface area (Å²) in [5.41, 5.74) is 2.03. The Hall–Kier alpha value is -1.37. The Morgan fingerprint density at radius 2 is 2.05 bits per heavy atom. The third-order valence-electron chi connectivity index (χ3n) is 4.19. The van der Waals surface area contributed by atoms with Gasteiger partial charge in [0, 0.05) is 13.1 Å². The maximum atomic E-state index is 9.62. The number of hydrogen-bond acceptors (Lipinski definition) is 3. The maximum absolute atomic E-state index is 9.62. The Bertz CT molecular complexity index is 459. The van der Waals surface area contributed by atoms with Gasteiger partial charge in [-0.25, -0.2) is 0 Å². The average molecular weight is 257 g/mol. The van der Waals surface area contributed by atoms with E-state index in [4.69, 9.17) is 0 Å². The molecule has 2 rings (SSSR count). The summed E-state index contributed by atoms with van der Waals surface area (Å²) in [5.74, 6) is 0. The molecule has 0 bridgehead atoms. The molecule has 19 heavy (non-hydrogen) atoms. The zero-order valence-corrected chi connectivity index (χ0v) is 11.9. The molecule has 0 amide bonds. The third kappa shape index (κ3) is 2.80. The number of likely N-dealkylation sites (N-methyl/N-ethyl adjacent to an activating group) is 1. The van der Waals surface area contributed by atoms with Crippen LogP contribution in [0.5, 0.6) is 0 Å². The minimum atomic E-state index is -0.469. The Morgan fingerprint density at radius 3 is 2.74 bits per heavy atom. The summed E-state index contributed by atoms with van der Waals surface area (Å²) in [5, 5.41) is 13.1. The lowest BCUT2D eigenvalue weighted by molar-refractivity contribution is 0.286. The first kappa shape index (κ1) is 14.0. The summed E-state index contributed by atoms with van der Waals surface area (Å²) >= 11 is 0. The van der Waals surface area contributed by atoms with Crippen LogP contribution >= 0.6 is 0 Å². The van der Waals surface area contributed by atoms with E-state index < -0.39 is 5.54 Å². The smallest absolute Gasteiger partial charge is 0.132 e. The van der Waals surface area contributed by atoms with Crippen molar-refractivity contribution in [2.75, 3.05) is 26.2 Å². The summed E-state index contributed by atoms with van der Waals surface area (Å²) in [6.45, 7) is 8.34. The maximum Gasteiger partial charge on any atom is 0.132 e. The lowest BCUT2D eigenvalue weighted by Gasteiger charge is -2.26. The van der Waals surface area contributed by atoms with Crippen molar-refractivity contribution in [3.05, 3.63) is 35.4 Å². The van der Waals surface area contributed by atoms with Crippen molar-refractivity contribution in [1.29, 1.82) is 5.26 Å². The molecule has 102 valence electrons. The zero-order chi connectivity index (χ0) is 13.7. The molecule has 3 heteroatoms. The summed E-state index contributed by atoms with van der Waals surface area (Å²) in [6, 6.07) is 10.8. The number of nitriles is 1. The van der Waals surface area contributed by atoms with Gasteiger partial charge in [0.05, 0.1) is 6.07 Å². The largest absolute Gasteiger partial charge is 0.303 e. The quantitative estimate of drug-likeness (QED) is 0.850. The predicted octanol–water partition coefficient (Wildman–Crippen LogP) is 2.28. The summed E-state index contributed by atoms with van der Waals surface area (Å²) < 4.78 is 0. The Balaban J connectivity index is 2.04. The van der Waals surface area contributed by atoms with Gasteiger partial charge in [-0.3, -0.25) is 5.32 Å². The molecule has 1 atom stereocenters. The summed E-state index contributed by atoms with van der Waals surface area (Å²) in [6.07, 6.45) is 1.89. The van der Waals surface area contributed by atoms with Crippen LogP contribution in [0.3, 0.4) is 0 Å². The highest BCUT2D eigenvalue weighted by atomic mass is 15.1. The Morgan fingerprint density at radius 1 is 1.32 bits per heavy atom. The SMILES string of the molecule is CCN(CC)CCNC1(C#N)CCc2ccccc21. The molecule has 1 unspecified atom stereocenters. The molecule has 3 nitrogen and oxygen atoms in total. The lowest BCUT2D eigenvalue weighted by atomic mass is 9.93. The van der Waals surface area contributed by atoms with Crippen LogP contribution in [0.4, 0.5) is 0 Å². The molecular formula is C16H23N3. The van der Waals surface area contributed by atoms with E-state index in [1.165, 1.54) is 11.1 Å². The van der Waals surface area contributed by atoms with Crippen LogP contribution in [0, 0.1) is 11.3 Å². The van der Waals surface area contributed by atoms with E-state index in [-0.39, 0.29) is 0 Å². The fourth-order valence-corrected chi connectivity index (χ4v) is 2.92. The molecule has 1 aromatic rings. The Kier molecular flexibility index (Phi) is 4.57. The number of nitrogens with zero attached hydrogens (tertiary/aromatic N) is 2. The summed E-state index contributed by atoms with van der Waals surface area (Å²) in [4.78, 5) is 2.37. The van der Waals surface area contributed by atoms with Crippen LogP contribution < -0.4 is 5.32 Å². The van der Waals surface area contributed by atoms with Gasteiger partial charge >= 0.3 is 0 Å². The average Bonchev–Trinajstić information content (AvgIpc) is 2.83. The van der Waals surface area contributed by atoms with Crippen LogP contribution in [0.15, 0.2) is 24.3 Å². The number of benzene rings is 1. The van der Waals surface area contributed by atoms with Gasteiger partial charge in [0.25, 0.3) is 0 Å². The van der Waals surface area contributed by atoms with Crippen LogP contribution in [-0.2, 0) is 12.0 Å². The minimum Gasteiger partial charge on any atom is -0.303 e. The summed E-state index contributed by atoms with van der Waals surface area (Å²) in [7, 11) is 0. The molecule has 0 heterocycles. The molecular weight excluding hydrogens is 234 g/mol. The fourth-order valence-electron chi connectivity index (χ4n) is 2.92. The molecule has 0 saturated heterocycles. The molecule has 1 aromatic carbocycles. The number of aryl methyl sites for hydroxylation is 1. The van der Waals surface area contributed by atoms with E-state index >= 15 is 0 Å². The van der Waals surface area contributed by atoms with Crippen molar-refractivity contribution in [2.45, 2.75) is 32.2 Å². The standard InChI is InChI=1S/C16H23N3/c1-3-19(4-2)12-11-18-16(13-17)10-9-14-7-5-6-8-15(14)16/h5-8,18H,3-4,9-12H2,1-2H3. The van der Waals surface area contributed by atoms with Gasteiger partial charge in [-0.1, -0.05) is 38.1 Å². The molecule has 0 radical (unpaired) electrons. The molecule has 0 spiro atoms. The van der Waals surface area contributed by atoms with E-state index in [2.05, 4.69) is 48.3 Å². The number of nitrogens with one attached hydrogen (secondary N) is 1. The van der Waals surface area contributed by atoms with Gasteiger partial charge in [0.1, 0.15) is 5.54 Å². The second-order valence-corrected chi connectivity index (χ2v) is 5.13. The van der Waals surface area contributed by atoms with Crippen LogP contribution in [0.25, 0.3) is 0 Å². The molecule has 1 aliphatic rings. The van der Waals surface area contributed by atoms with Gasteiger partial charge in [-0.2, -0.15) is 5.26 Å². The Labute approximate surface area is 116 Å². The first-order valence-corrected chi connectivity index (χ1v) is 7.22. The highest BCUT2D eigenvalue weighted by molar-refractivity contribution is 5.43. The van der Waals surface area contributed by atoms with E-state index in [9.17, 15) is 5.26 Å². The minimum absolute atomic E-state index is 0.469. The lowest BCUT2D eigenvalue weighted by Crippen LogP contribution is -2.43. The van der Waals surface area contributed by atoms with Gasteiger partial charge in [-0.15, -0.1) is 0 Å². The van der Waals surface area contributed by atoms with Gasteiger partial charge in [0.15, 0.2) is 0 Å². The molecule has 1 aliphatic carbocycles. The molecule has 0 fully saturated rings.